The van der Waals surface area contributed by atoms with Gasteiger partial charge in [-0.05, 0) is 30.8 Å². The molecular weight excluding hydrogens is 222 g/mol. The molecule has 0 saturated heterocycles. The number of nitrogens with one attached hydrogen (secondary N) is 1. The summed E-state index contributed by atoms with van der Waals surface area (Å²) in [6.07, 6.45) is 4.56. The molecule has 0 fully saturated rings. The lowest BCUT2D eigenvalue weighted by Gasteiger charge is -2.04. The van der Waals surface area contributed by atoms with Crippen LogP contribution in [0.5, 0.6) is 0 Å². The van der Waals surface area contributed by atoms with Crippen molar-refractivity contribution in [1.29, 1.82) is 0 Å². The third kappa shape index (κ3) is 2.41. The molecule has 0 atom stereocenters. The Hall–Kier alpha value is -1.36. The molecule has 0 spiro atoms. The number of hydrogen-bond acceptors (Lipinski definition) is 3. The van der Waals surface area contributed by atoms with E-state index in [4.69, 9.17) is 16.6 Å². The van der Waals surface area contributed by atoms with Crippen molar-refractivity contribution in [2.24, 2.45) is 0 Å². The highest BCUT2D eigenvalue weighted by atomic mass is 32.1. The van der Waals surface area contributed by atoms with Gasteiger partial charge in [-0.2, -0.15) is 5.10 Å². The van der Waals surface area contributed by atoms with E-state index in [2.05, 4.69) is 17.1 Å². The highest BCUT2D eigenvalue weighted by molar-refractivity contribution is 7.71. The Kier molecular flexibility index (Phi) is 3.56. The van der Waals surface area contributed by atoms with Gasteiger partial charge < -0.3 is 8.98 Å². The number of aryl methyl sites for hydroxylation is 2. The van der Waals surface area contributed by atoms with Gasteiger partial charge >= 0.3 is 0 Å². The normalized spacial score (nSPS) is 10.8. The summed E-state index contributed by atoms with van der Waals surface area (Å²) in [5.74, 6) is 2.00. The van der Waals surface area contributed by atoms with Crippen LogP contribution in [-0.4, -0.2) is 14.8 Å². The molecule has 0 bridgehead atoms. The second kappa shape index (κ2) is 5.12. The fourth-order valence-corrected chi connectivity index (χ4v) is 1.91. The topological polar surface area (TPSA) is 46.8 Å². The third-order valence-corrected chi connectivity index (χ3v) is 2.78. The van der Waals surface area contributed by atoms with Crippen LogP contribution in [-0.2, 0) is 19.4 Å². The van der Waals surface area contributed by atoms with Crippen molar-refractivity contribution in [1.82, 2.24) is 14.8 Å². The van der Waals surface area contributed by atoms with Crippen LogP contribution in [0.4, 0.5) is 0 Å². The van der Waals surface area contributed by atoms with E-state index in [-0.39, 0.29) is 0 Å². The molecule has 0 aliphatic carbocycles. The van der Waals surface area contributed by atoms with Crippen molar-refractivity contribution in [2.45, 2.75) is 32.7 Å². The zero-order valence-corrected chi connectivity index (χ0v) is 10.1. The maximum atomic E-state index is 5.29. The minimum Gasteiger partial charge on any atom is -0.469 e. The SMILES string of the molecule is CCCc1n[nH]c(=S)n1CCc1ccco1. The van der Waals surface area contributed by atoms with E-state index in [1.165, 1.54) is 0 Å². The van der Waals surface area contributed by atoms with Crippen LogP contribution in [0.2, 0.25) is 0 Å². The Bertz CT molecular complexity index is 484. The molecule has 86 valence electrons. The second-order valence-corrected chi connectivity index (χ2v) is 4.06. The summed E-state index contributed by atoms with van der Waals surface area (Å²) in [6.45, 7) is 2.95. The summed E-state index contributed by atoms with van der Waals surface area (Å²) in [6, 6.07) is 3.88. The predicted molar refractivity (Wildman–Crippen MR) is 63.8 cm³/mol. The van der Waals surface area contributed by atoms with Gasteiger partial charge in [0.1, 0.15) is 11.6 Å². The first-order chi connectivity index (χ1) is 7.81. The summed E-state index contributed by atoms with van der Waals surface area (Å²) in [5, 5.41) is 7.06. The van der Waals surface area contributed by atoms with Gasteiger partial charge in [-0.1, -0.05) is 6.92 Å². The van der Waals surface area contributed by atoms with Crippen molar-refractivity contribution in [3.63, 3.8) is 0 Å². The van der Waals surface area contributed by atoms with Crippen molar-refractivity contribution in [3.8, 4) is 0 Å². The molecule has 0 aliphatic heterocycles. The van der Waals surface area contributed by atoms with E-state index in [0.29, 0.717) is 4.77 Å². The van der Waals surface area contributed by atoms with Gasteiger partial charge in [-0.15, -0.1) is 0 Å². The Morgan fingerprint density at radius 2 is 2.38 bits per heavy atom. The number of rotatable bonds is 5. The molecule has 5 heteroatoms. The summed E-state index contributed by atoms with van der Waals surface area (Å²) in [7, 11) is 0. The molecule has 16 heavy (non-hydrogen) atoms. The van der Waals surface area contributed by atoms with Crippen LogP contribution in [0.15, 0.2) is 22.8 Å². The number of furan rings is 1. The monoisotopic (exact) mass is 237 g/mol. The molecule has 0 radical (unpaired) electrons. The van der Waals surface area contributed by atoms with Gasteiger partial charge in [0.2, 0.25) is 0 Å². The average molecular weight is 237 g/mol. The van der Waals surface area contributed by atoms with Crippen LogP contribution in [0, 0.1) is 4.77 Å². The van der Waals surface area contributed by atoms with Crippen molar-refractivity contribution in [2.75, 3.05) is 0 Å². The first kappa shape index (κ1) is 11.1. The van der Waals surface area contributed by atoms with E-state index < -0.39 is 0 Å². The Labute approximate surface area is 99.3 Å². The standard InChI is InChI=1S/C11H15N3OS/c1-2-4-10-12-13-11(16)14(10)7-6-9-5-3-8-15-9/h3,5,8H,2,4,6-7H2,1H3,(H,13,16). The molecule has 0 unspecified atom stereocenters. The molecule has 2 aromatic rings. The van der Waals surface area contributed by atoms with E-state index >= 15 is 0 Å². The molecule has 0 amide bonds. The number of hydrogen-bond donors (Lipinski definition) is 1. The zero-order valence-electron chi connectivity index (χ0n) is 9.27. The largest absolute Gasteiger partial charge is 0.469 e. The number of aromatic nitrogens is 3. The molecule has 0 aliphatic rings. The molecule has 2 aromatic heterocycles. The first-order valence-corrected chi connectivity index (χ1v) is 5.88. The lowest BCUT2D eigenvalue weighted by atomic mass is 10.3. The van der Waals surface area contributed by atoms with E-state index in [1.807, 2.05) is 16.7 Å². The molecule has 1 N–H and O–H groups in total. The minimum atomic E-state index is 0.690. The van der Waals surface area contributed by atoms with Crippen LogP contribution >= 0.6 is 12.2 Å². The predicted octanol–water partition coefficient (Wildman–Crippen LogP) is 2.73. The fraction of sp³-hybridized carbons (Fsp3) is 0.455. The van der Waals surface area contributed by atoms with Gasteiger partial charge in [-0.25, -0.2) is 0 Å². The molecule has 2 rings (SSSR count). The van der Waals surface area contributed by atoms with E-state index in [0.717, 1.165) is 37.4 Å². The molecule has 0 aromatic carbocycles. The minimum absolute atomic E-state index is 0.690. The van der Waals surface area contributed by atoms with Crippen LogP contribution in [0.1, 0.15) is 24.9 Å². The lowest BCUT2D eigenvalue weighted by molar-refractivity contribution is 0.486. The number of aromatic amines is 1. The molecule has 2 heterocycles. The quantitative estimate of drug-likeness (QED) is 0.813. The van der Waals surface area contributed by atoms with Gasteiger partial charge in [-0.3, -0.25) is 5.10 Å². The van der Waals surface area contributed by atoms with Crippen molar-refractivity contribution in [3.05, 3.63) is 34.8 Å². The van der Waals surface area contributed by atoms with Gasteiger partial charge in [0.25, 0.3) is 0 Å². The van der Waals surface area contributed by atoms with Gasteiger partial charge in [0.05, 0.1) is 6.26 Å². The van der Waals surface area contributed by atoms with Crippen LogP contribution < -0.4 is 0 Å². The van der Waals surface area contributed by atoms with Crippen molar-refractivity contribution >= 4 is 12.2 Å². The first-order valence-electron chi connectivity index (χ1n) is 5.47. The fourth-order valence-electron chi connectivity index (χ4n) is 1.67. The van der Waals surface area contributed by atoms with Crippen LogP contribution in [0.25, 0.3) is 0 Å². The molecule has 0 saturated carbocycles. The number of nitrogens with zero attached hydrogens (tertiary/aromatic N) is 2. The van der Waals surface area contributed by atoms with Gasteiger partial charge in [0.15, 0.2) is 4.77 Å². The second-order valence-electron chi connectivity index (χ2n) is 3.68. The summed E-state index contributed by atoms with van der Waals surface area (Å²) in [4.78, 5) is 0. The summed E-state index contributed by atoms with van der Waals surface area (Å²) >= 11 is 5.20. The smallest absolute Gasteiger partial charge is 0.195 e. The highest BCUT2D eigenvalue weighted by Crippen LogP contribution is 2.06. The Morgan fingerprint density at radius 3 is 3.06 bits per heavy atom. The summed E-state index contributed by atoms with van der Waals surface area (Å²) in [5.41, 5.74) is 0. The summed E-state index contributed by atoms with van der Waals surface area (Å²) < 4.78 is 8.03. The Balaban J connectivity index is 2.08. The van der Waals surface area contributed by atoms with Crippen molar-refractivity contribution < 1.29 is 4.42 Å². The van der Waals surface area contributed by atoms with Gasteiger partial charge in [0, 0.05) is 19.4 Å². The highest BCUT2D eigenvalue weighted by Gasteiger charge is 2.05. The maximum Gasteiger partial charge on any atom is 0.195 e. The van der Waals surface area contributed by atoms with Crippen LogP contribution in [0.3, 0.4) is 0 Å². The molecule has 4 nitrogen and oxygen atoms in total. The third-order valence-electron chi connectivity index (χ3n) is 2.47. The zero-order chi connectivity index (χ0) is 11.4. The lowest BCUT2D eigenvalue weighted by Crippen LogP contribution is -2.06. The molecular formula is C11H15N3OS. The Morgan fingerprint density at radius 1 is 1.50 bits per heavy atom. The van der Waals surface area contributed by atoms with E-state index in [1.54, 1.807) is 6.26 Å². The maximum absolute atomic E-state index is 5.29. The number of H-pyrrole nitrogens is 1. The average Bonchev–Trinajstić information content (AvgIpc) is 2.88. The van der Waals surface area contributed by atoms with E-state index in [9.17, 15) is 0 Å².